The molecule has 1 saturated carbocycles. The van der Waals surface area contributed by atoms with Gasteiger partial charge < -0.3 is 10.2 Å². The van der Waals surface area contributed by atoms with Gasteiger partial charge in [0.05, 0.1) is 0 Å². The predicted molar refractivity (Wildman–Crippen MR) is 67.2 cm³/mol. The van der Waals surface area contributed by atoms with Crippen molar-refractivity contribution < 1.29 is 0 Å². The molecule has 1 atom stereocenters. The van der Waals surface area contributed by atoms with E-state index in [0.29, 0.717) is 0 Å². The Labute approximate surface area is 95.4 Å². The molecule has 0 spiro atoms. The van der Waals surface area contributed by atoms with Gasteiger partial charge in [-0.2, -0.15) is 0 Å². The third-order valence-corrected chi connectivity index (χ3v) is 3.78. The standard InChI is InChI=1S/C13H28N2/c1-4-14-13(11-15(5-2)6-3)12-9-7-8-10-12/h12-14H,4-11H2,1-3H3. The van der Waals surface area contributed by atoms with Crippen molar-refractivity contribution in [2.45, 2.75) is 52.5 Å². The molecule has 0 heterocycles. The second kappa shape index (κ2) is 7.24. The SMILES string of the molecule is CCNC(CN(CC)CC)C1CCCC1. The van der Waals surface area contributed by atoms with Crippen LogP contribution in [0.2, 0.25) is 0 Å². The largest absolute Gasteiger partial charge is 0.313 e. The van der Waals surface area contributed by atoms with Crippen LogP contribution in [-0.2, 0) is 0 Å². The summed E-state index contributed by atoms with van der Waals surface area (Å²) in [4.78, 5) is 2.55. The average molecular weight is 212 g/mol. The quantitative estimate of drug-likeness (QED) is 0.697. The maximum Gasteiger partial charge on any atom is 0.0223 e. The summed E-state index contributed by atoms with van der Waals surface area (Å²) in [6.07, 6.45) is 5.79. The predicted octanol–water partition coefficient (Wildman–Crippen LogP) is 2.50. The van der Waals surface area contributed by atoms with Crippen molar-refractivity contribution in [3.8, 4) is 0 Å². The van der Waals surface area contributed by atoms with E-state index in [4.69, 9.17) is 0 Å². The minimum absolute atomic E-state index is 0.734. The molecular formula is C13H28N2. The zero-order valence-corrected chi connectivity index (χ0v) is 10.8. The minimum Gasteiger partial charge on any atom is -0.313 e. The van der Waals surface area contributed by atoms with Crippen LogP contribution in [0.4, 0.5) is 0 Å². The number of nitrogens with one attached hydrogen (secondary N) is 1. The number of likely N-dealkylation sites (N-methyl/N-ethyl adjacent to an activating group) is 2. The molecule has 1 N–H and O–H groups in total. The molecule has 0 aliphatic heterocycles. The summed E-state index contributed by atoms with van der Waals surface area (Å²) in [5.74, 6) is 0.936. The normalized spacial score (nSPS) is 20.0. The van der Waals surface area contributed by atoms with Crippen LogP contribution in [0.15, 0.2) is 0 Å². The van der Waals surface area contributed by atoms with Gasteiger partial charge in [0.1, 0.15) is 0 Å². The zero-order valence-electron chi connectivity index (χ0n) is 10.8. The van der Waals surface area contributed by atoms with Gasteiger partial charge in [-0.15, -0.1) is 0 Å². The molecule has 1 rings (SSSR count). The van der Waals surface area contributed by atoms with E-state index in [-0.39, 0.29) is 0 Å². The Morgan fingerprint density at radius 2 is 1.73 bits per heavy atom. The van der Waals surface area contributed by atoms with E-state index in [9.17, 15) is 0 Å². The fraction of sp³-hybridized carbons (Fsp3) is 1.00. The first-order chi connectivity index (χ1) is 7.31. The van der Waals surface area contributed by atoms with Crippen molar-refractivity contribution in [1.82, 2.24) is 10.2 Å². The molecular weight excluding hydrogens is 184 g/mol. The Morgan fingerprint density at radius 3 is 2.20 bits per heavy atom. The topological polar surface area (TPSA) is 15.3 Å². The zero-order chi connectivity index (χ0) is 11.1. The Balaban J connectivity index is 2.40. The number of rotatable bonds is 7. The van der Waals surface area contributed by atoms with Crippen molar-refractivity contribution >= 4 is 0 Å². The first kappa shape index (κ1) is 13.0. The lowest BCUT2D eigenvalue weighted by Gasteiger charge is -2.30. The van der Waals surface area contributed by atoms with Crippen LogP contribution in [0.1, 0.15) is 46.5 Å². The van der Waals surface area contributed by atoms with E-state index in [1.165, 1.54) is 45.3 Å². The molecule has 1 aliphatic rings. The van der Waals surface area contributed by atoms with E-state index in [2.05, 4.69) is 31.0 Å². The highest BCUT2D eigenvalue weighted by Gasteiger charge is 2.25. The Hall–Kier alpha value is -0.0800. The fourth-order valence-corrected chi connectivity index (χ4v) is 2.76. The summed E-state index contributed by atoms with van der Waals surface area (Å²) >= 11 is 0. The first-order valence-electron chi connectivity index (χ1n) is 6.77. The first-order valence-corrected chi connectivity index (χ1v) is 6.77. The molecule has 1 fully saturated rings. The number of nitrogens with zero attached hydrogens (tertiary/aromatic N) is 1. The Kier molecular flexibility index (Phi) is 6.26. The third kappa shape index (κ3) is 4.12. The van der Waals surface area contributed by atoms with Gasteiger partial charge in [0.15, 0.2) is 0 Å². The van der Waals surface area contributed by atoms with Gasteiger partial charge in [0.2, 0.25) is 0 Å². The maximum absolute atomic E-state index is 3.68. The van der Waals surface area contributed by atoms with Crippen molar-refractivity contribution in [1.29, 1.82) is 0 Å². The molecule has 0 aromatic heterocycles. The van der Waals surface area contributed by atoms with Crippen LogP contribution in [0, 0.1) is 5.92 Å². The van der Waals surface area contributed by atoms with Crippen LogP contribution in [0.3, 0.4) is 0 Å². The van der Waals surface area contributed by atoms with Crippen molar-refractivity contribution in [3.05, 3.63) is 0 Å². The van der Waals surface area contributed by atoms with Crippen molar-refractivity contribution in [2.75, 3.05) is 26.2 Å². The Bertz CT molecular complexity index is 149. The highest BCUT2D eigenvalue weighted by molar-refractivity contribution is 4.82. The molecule has 2 heteroatoms. The van der Waals surface area contributed by atoms with E-state index in [0.717, 1.165) is 18.5 Å². The van der Waals surface area contributed by atoms with Crippen molar-refractivity contribution in [3.63, 3.8) is 0 Å². The van der Waals surface area contributed by atoms with Crippen LogP contribution in [0.5, 0.6) is 0 Å². The highest BCUT2D eigenvalue weighted by atomic mass is 15.1. The van der Waals surface area contributed by atoms with E-state index >= 15 is 0 Å². The third-order valence-electron chi connectivity index (χ3n) is 3.78. The smallest absolute Gasteiger partial charge is 0.0223 e. The molecule has 0 radical (unpaired) electrons. The van der Waals surface area contributed by atoms with Gasteiger partial charge in [-0.05, 0) is 38.4 Å². The second-order valence-corrected chi connectivity index (χ2v) is 4.69. The molecule has 0 saturated heterocycles. The van der Waals surface area contributed by atoms with E-state index in [1.807, 2.05) is 0 Å². The minimum atomic E-state index is 0.734. The van der Waals surface area contributed by atoms with Crippen LogP contribution in [0.25, 0.3) is 0 Å². The Morgan fingerprint density at radius 1 is 1.13 bits per heavy atom. The summed E-state index contributed by atoms with van der Waals surface area (Å²) in [5, 5.41) is 3.68. The molecule has 2 nitrogen and oxygen atoms in total. The van der Waals surface area contributed by atoms with Gasteiger partial charge in [-0.3, -0.25) is 0 Å². The summed E-state index contributed by atoms with van der Waals surface area (Å²) in [5.41, 5.74) is 0. The molecule has 1 aliphatic carbocycles. The van der Waals surface area contributed by atoms with Gasteiger partial charge in [0.25, 0.3) is 0 Å². The lowest BCUT2D eigenvalue weighted by Crippen LogP contribution is -2.45. The molecule has 0 aromatic rings. The average Bonchev–Trinajstić information content (AvgIpc) is 2.77. The summed E-state index contributed by atoms with van der Waals surface area (Å²) in [6.45, 7) is 11.5. The van der Waals surface area contributed by atoms with Crippen LogP contribution < -0.4 is 5.32 Å². The summed E-state index contributed by atoms with van der Waals surface area (Å²) in [7, 11) is 0. The maximum atomic E-state index is 3.68. The van der Waals surface area contributed by atoms with Crippen molar-refractivity contribution in [2.24, 2.45) is 5.92 Å². The molecule has 15 heavy (non-hydrogen) atoms. The lowest BCUT2D eigenvalue weighted by molar-refractivity contribution is 0.225. The van der Waals surface area contributed by atoms with Crippen LogP contribution >= 0.6 is 0 Å². The van der Waals surface area contributed by atoms with Gasteiger partial charge in [0, 0.05) is 12.6 Å². The van der Waals surface area contributed by atoms with E-state index < -0.39 is 0 Å². The van der Waals surface area contributed by atoms with Gasteiger partial charge in [-0.25, -0.2) is 0 Å². The van der Waals surface area contributed by atoms with Gasteiger partial charge >= 0.3 is 0 Å². The number of hydrogen-bond donors (Lipinski definition) is 1. The summed E-state index contributed by atoms with van der Waals surface area (Å²) in [6, 6.07) is 0.734. The molecule has 0 amide bonds. The van der Waals surface area contributed by atoms with Crippen LogP contribution in [-0.4, -0.2) is 37.1 Å². The van der Waals surface area contributed by atoms with E-state index in [1.54, 1.807) is 0 Å². The fourth-order valence-electron chi connectivity index (χ4n) is 2.76. The monoisotopic (exact) mass is 212 g/mol. The highest BCUT2D eigenvalue weighted by Crippen LogP contribution is 2.28. The lowest BCUT2D eigenvalue weighted by atomic mass is 9.97. The molecule has 90 valence electrons. The second-order valence-electron chi connectivity index (χ2n) is 4.69. The summed E-state index contributed by atoms with van der Waals surface area (Å²) < 4.78 is 0. The number of hydrogen-bond acceptors (Lipinski definition) is 2. The molecule has 0 aromatic carbocycles. The van der Waals surface area contributed by atoms with Gasteiger partial charge in [-0.1, -0.05) is 33.6 Å². The molecule has 0 bridgehead atoms. The molecule has 1 unspecified atom stereocenters.